The van der Waals surface area contributed by atoms with E-state index in [1.165, 1.54) is 12.2 Å². The van der Waals surface area contributed by atoms with Crippen LogP contribution in [0.3, 0.4) is 0 Å². The number of ketones is 2. The molecule has 1 unspecified atom stereocenters. The van der Waals surface area contributed by atoms with Crippen molar-refractivity contribution in [1.29, 1.82) is 0 Å². The lowest BCUT2D eigenvalue weighted by Crippen LogP contribution is -2.70. The largest absolute Gasteiger partial charge is 0.389 e. The van der Waals surface area contributed by atoms with Crippen LogP contribution >= 0.6 is 0 Å². The fourth-order valence-corrected chi connectivity index (χ4v) is 6.48. The number of hydrogen-bond donors (Lipinski definition) is 1. The smallest absolute Gasteiger partial charge is 0.221 e. The molecule has 0 spiro atoms. The van der Waals surface area contributed by atoms with E-state index < -0.39 is 34.7 Å². The van der Waals surface area contributed by atoms with E-state index in [4.69, 9.17) is 0 Å². The van der Waals surface area contributed by atoms with Gasteiger partial charge in [-0.3, -0.25) is 9.59 Å². The lowest BCUT2D eigenvalue weighted by atomic mass is 9.43. The van der Waals surface area contributed by atoms with Crippen molar-refractivity contribution in [1.82, 2.24) is 0 Å². The zero-order valence-electron chi connectivity index (χ0n) is 13.8. The van der Waals surface area contributed by atoms with E-state index in [0.29, 0.717) is 12.8 Å². The number of rotatable bonds is 0. The molecule has 3 nitrogen and oxygen atoms in total. The van der Waals surface area contributed by atoms with E-state index in [9.17, 15) is 19.1 Å². The molecule has 0 aromatic heterocycles. The molecule has 0 heterocycles. The zero-order chi connectivity index (χ0) is 16.6. The molecule has 126 valence electrons. The molecular weight excluding hydrogens is 295 g/mol. The second kappa shape index (κ2) is 4.53. The lowest BCUT2D eigenvalue weighted by Gasteiger charge is -2.62. The van der Waals surface area contributed by atoms with Crippen LogP contribution < -0.4 is 0 Å². The number of carbonyl (C=O) groups excluding carboxylic acids is 2. The maximum Gasteiger partial charge on any atom is 0.221 e. The van der Waals surface area contributed by atoms with Crippen LogP contribution in [0.1, 0.15) is 52.4 Å². The molecule has 0 amide bonds. The average molecular weight is 320 g/mol. The van der Waals surface area contributed by atoms with Gasteiger partial charge in [0.1, 0.15) is 6.17 Å². The molecule has 0 radical (unpaired) electrons. The molecule has 4 aliphatic rings. The van der Waals surface area contributed by atoms with E-state index in [-0.39, 0.29) is 17.3 Å². The average Bonchev–Trinajstić information content (AvgIpc) is 2.89. The molecule has 4 aliphatic carbocycles. The first-order valence-electron chi connectivity index (χ1n) is 8.87. The van der Waals surface area contributed by atoms with Crippen molar-refractivity contribution in [2.24, 2.45) is 28.6 Å². The van der Waals surface area contributed by atoms with Crippen LogP contribution in [0.2, 0.25) is 0 Å². The minimum absolute atomic E-state index is 0.150. The van der Waals surface area contributed by atoms with Crippen molar-refractivity contribution >= 4 is 11.6 Å². The van der Waals surface area contributed by atoms with Gasteiger partial charge in [-0.2, -0.15) is 0 Å². The highest BCUT2D eigenvalue weighted by Gasteiger charge is 2.70. The monoisotopic (exact) mass is 320 g/mol. The highest BCUT2D eigenvalue weighted by molar-refractivity contribution is 6.44. The summed E-state index contributed by atoms with van der Waals surface area (Å²) in [5.74, 6) is -1.83. The Morgan fingerprint density at radius 3 is 2.65 bits per heavy atom. The summed E-state index contributed by atoms with van der Waals surface area (Å²) >= 11 is 0. The van der Waals surface area contributed by atoms with Crippen molar-refractivity contribution in [2.75, 3.05) is 0 Å². The zero-order valence-corrected chi connectivity index (χ0v) is 13.8. The Hall–Kier alpha value is -1.03. The van der Waals surface area contributed by atoms with Gasteiger partial charge in [-0.05, 0) is 62.4 Å². The molecule has 3 fully saturated rings. The number of hydrogen-bond acceptors (Lipinski definition) is 3. The van der Waals surface area contributed by atoms with E-state index in [1.54, 1.807) is 6.92 Å². The van der Waals surface area contributed by atoms with Gasteiger partial charge in [0.15, 0.2) is 0 Å². The van der Waals surface area contributed by atoms with Gasteiger partial charge in [0, 0.05) is 5.92 Å². The molecule has 0 bridgehead atoms. The van der Waals surface area contributed by atoms with Crippen LogP contribution in [0.5, 0.6) is 0 Å². The summed E-state index contributed by atoms with van der Waals surface area (Å²) in [6.45, 7) is 3.89. The highest BCUT2D eigenvalue weighted by Crippen LogP contribution is 2.66. The minimum atomic E-state index is -1.31. The number of halogens is 1. The number of allylic oxidation sites excluding steroid dienone is 2. The molecule has 3 saturated carbocycles. The Kier molecular flexibility index (Phi) is 3.05. The van der Waals surface area contributed by atoms with Crippen molar-refractivity contribution in [3.63, 3.8) is 0 Å². The molecule has 0 aliphatic heterocycles. The fraction of sp³-hybridized carbons (Fsp3) is 0.789. The van der Waals surface area contributed by atoms with E-state index >= 15 is 0 Å². The van der Waals surface area contributed by atoms with Crippen molar-refractivity contribution in [2.45, 2.75) is 64.1 Å². The Morgan fingerprint density at radius 2 is 1.91 bits per heavy atom. The fourth-order valence-electron chi connectivity index (χ4n) is 6.48. The highest BCUT2D eigenvalue weighted by atomic mass is 19.1. The summed E-state index contributed by atoms with van der Waals surface area (Å²) in [5, 5.41) is 11.6. The molecule has 4 heteroatoms. The van der Waals surface area contributed by atoms with Gasteiger partial charge in [0.05, 0.1) is 11.0 Å². The predicted molar refractivity (Wildman–Crippen MR) is 83.4 cm³/mol. The minimum Gasteiger partial charge on any atom is -0.389 e. The van der Waals surface area contributed by atoms with Gasteiger partial charge in [0.25, 0.3) is 0 Å². The van der Waals surface area contributed by atoms with Gasteiger partial charge in [-0.25, -0.2) is 4.39 Å². The third kappa shape index (κ3) is 1.68. The number of aliphatic hydroxyl groups is 1. The standard InChI is InChI=1S/C19H25FO3/c1-17-7-3-4-11(17)13-10-14(20)12-5-6-15(21)16(22)18(12,2)19(13,23)9-8-17/h5-6,11-14,23H,3-4,7-10H2,1-2H3/t11-,12?,13-,14-,17-,18+,19+/m0/s1. The maximum absolute atomic E-state index is 15.0. The number of Topliss-reactive ketones (excluding diaryl/α,β-unsaturated/α-hetero) is 1. The second-order valence-corrected chi connectivity index (χ2v) is 8.72. The van der Waals surface area contributed by atoms with Gasteiger partial charge < -0.3 is 5.11 Å². The third-order valence-electron chi connectivity index (χ3n) is 7.92. The Balaban J connectivity index is 1.85. The molecular formula is C19H25FO3. The van der Waals surface area contributed by atoms with Crippen molar-refractivity contribution in [3.05, 3.63) is 12.2 Å². The molecule has 1 N–H and O–H groups in total. The van der Waals surface area contributed by atoms with Crippen molar-refractivity contribution in [3.8, 4) is 0 Å². The Bertz CT molecular complexity index is 614. The molecule has 7 atom stereocenters. The summed E-state index contributed by atoms with van der Waals surface area (Å²) in [6, 6.07) is 0. The SMILES string of the molecule is C[C@@]12CCC[C@H]1[C@@H]1C[C@H](F)C3C=CC(=O)C(=O)[C@]3(C)[C@@]1(O)CC2. The van der Waals surface area contributed by atoms with Crippen molar-refractivity contribution < 1.29 is 19.1 Å². The van der Waals surface area contributed by atoms with Crippen LogP contribution in [0.4, 0.5) is 4.39 Å². The third-order valence-corrected chi connectivity index (χ3v) is 7.92. The summed E-state index contributed by atoms with van der Waals surface area (Å²) in [5.41, 5.74) is -2.42. The van der Waals surface area contributed by atoms with E-state index in [1.807, 2.05) is 0 Å². The van der Waals surface area contributed by atoms with Crippen LogP contribution in [-0.4, -0.2) is 28.4 Å². The van der Waals surface area contributed by atoms with Crippen LogP contribution in [0, 0.1) is 28.6 Å². The molecule has 23 heavy (non-hydrogen) atoms. The van der Waals surface area contributed by atoms with E-state index in [0.717, 1.165) is 25.7 Å². The number of fused-ring (bicyclic) bond motifs is 5. The van der Waals surface area contributed by atoms with Gasteiger partial charge >= 0.3 is 0 Å². The molecule has 4 rings (SSSR count). The summed E-state index contributed by atoms with van der Waals surface area (Å²) in [4.78, 5) is 24.7. The second-order valence-electron chi connectivity index (χ2n) is 8.72. The number of carbonyl (C=O) groups is 2. The molecule has 0 aromatic carbocycles. The van der Waals surface area contributed by atoms with Gasteiger partial charge in [-0.1, -0.05) is 19.4 Å². The first-order valence-corrected chi connectivity index (χ1v) is 8.87. The summed E-state index contributed by atoms with van der Waals surface area (Å²) in [7, 11) is 0. The lowest BCUT2D eigenvalue weighted by molar-refractivity contribution is -0.226. The van der Waals surface area contributed by atoms with Gasteiger partial charge in [-0.15, -0.1) is 0 Å². The Morgan fingerprint density at radius 1 is 1.17 bits per heavy atom. The normalized spacial score (nSPS) is 55.3. The topological polar surface area (TPSA) is 54.4 Å². The van der Waals surface area contributed by atoms with Crippen LogP contribution in [0.15, 0.2) is 12.2 Å². The van der Waals surface area contributed by atoms with E-state index in [2.05, 4.69) is 6.92 Å². The van der Waals surface area contributed by atoms with Crippen LogP contribution in [0.25, 0.3) is 0 Å². The quantitative estimate of drug-likeness (QED) is 0.698. The first kappa shape index (κ1) is 15.5. The first-order chi connectivity index (χ1) is 10.7. The predicted octanol–water partition coefficient (Wildman–Crippen LogP) is 3.01. The van der Waals surface area contributed by atoms with Crippen LogP contribution in [-0.2, 0) is 9.59 Å². The summed E-state index contributed by atoms with van der Waals surface area (Å²) in [6.07, 6.45) is 6.45. The molecule has 0 aromatic rings. The Labute approximate surface area is 136 Å². The molecule has 0 saturated heterocycles. The number of alkyl halides is 1. The van der Waals surface area contributed by atoms with Gasteiger partial charge in [0.2, 0.25) is 11.6 Å². The maximum atomic E-state index is 15.0. The summed E-state index contributed by atoms with van der Waals surface area (Å²) < 4.78 is 15.0.